The van der Waals surface area contributed by atoms with E-state index in [1.807, 2.05) is 30.3 Å². The molecule has 1 aliphatic rings. The monoisotopic (exact) mass is 341 g/mol. The van der Waals surface area contributed by atoms with Crippen LogP contribution in [0.1, 0.15) is 15.9 Å². The van der Waals surface area contributed by atoms with Gasteiger partial charge in [0.25, 0.3) is 0 Å². The van der Waals surface area contributed by atoms with Crippen molar-refractivity contribution in [1.29, 1.82) is 0 Å². The van der Waals surface area contributed by atoms with Crippen LogP contribution < -0.4 is 4.74 Å². The predicted molar refractivity (Wildman–Crippen MR) is 90.6 cm³/mol. The van der Waals surface area contributed by atoms with E-state index in [0.717, 1.165) is 5.56 Å². The van der Waals surface area contributed by atoms with Gasteiger partial charge in [-0.25, -0.2) is 4.79 Å². The Kier molecular flexibility index (Phi) is 5.00. The number of aromatic carboxylic acids is 1. The van der Waals surface area contributed by atoms with E-state index in [1.165, 1.54) is 12.1 Å². The number of nitrogens with zero attached hydrogens (tertiary/aromatic N) is 1. The molecular weight excluding hydrogens is 322 g/mol. The Morgan fingerprint density at radius 3 is 2.36 bits per heavy atom. The zero-order chi connectivity index (χ0) is 17.8. The van der Waals surface area contributed by atoms with Gasteiger partial charge in [-0.15, -0.1) is 0 Å². The molecule has 2 atom stereocenters. The molecule has 1 fully saturated rings. The molecule has 6 heteroatoms. The van der Waals surface area contributed by atoms with E-state index in [-0.39, 0.29) is 24.4 Å². The van der Waals surface area contributed by atoms with Crippen LogP contribution in [0.4, 0.5) is 0 Å². The standard InChI is InChI=1S/C19H19NO5/c21-16-11-20(18(22)10-13-4-2-1-3-5-13)12-17(16)25-15-8-6-14(7-9-15)19(23)24/h1-9,16-17,21H,10-12H2,(H,23,24)/t16-,17-/m1/s1. The molecule has 1 aliphatic heterocycles. The summed E-state index contributed by atoms with van der Waals surface area (Å²) in [6.07, 6.45) is -1.03. The summed E-state index contributed by atoms with van der Waals surface area (Å²) < 4.78 is 5.72. The SMILES string of the molecule is O=C(O)c1ccc(O[C@@H]2CN(C(=O)Cc3ccccc3)C[C@H]2O)cc1. The van der Waals surface area contributed by atoms with Gasteiger partial charge in [0.2, 0.25) is 5.91 Å². The van der Waals surface area contributed by atoms with Gasteiger partial charge in [0.05, 0.1) is 25.1 Å². The van der Waals surface area contributed by atoms with E-state index in [1.54, 1.807) is 17.0 Å². The van der Waals surface area contributed by atoms with Crippen molar-refractivity contribution in [2.24, 2.45) is 0 Å². The number of carboxylic acids is 1. The summed E-state index contributed by atoms with van der Waals surface area (Å²) in [6.45, 7) is 0.525. The maximum atomic E-state index is 12.4. The van der Waals surface area contributed by atoms with Crippen LogP contribution in [-0.4, -0.2) is 52.3 Å². The highest BCUT2D eigenvalue weighted by Gasteiger charge is 2.35. The number of hydrogen-bond acceptors (Lipinski definition) is 4. The number of likely N-dealkylation sites (tertiary alicyclic amines) is 1. The van der Waals surface area contributed by atoms with Crippen molar-refractivity contribution < 1.29 is 24.5 Å². The second-order valence-electron chi connectivity index (χ2n) is 6.01. The Hall–Kier alpha value is -2.86. The Labute approximate surface area is 145 Å². The number of β-amino-alcohol motifs (C(OH)–C–C–N with tert-alkyl or cyclic N) is 1. The van der Waals surface area contributed by atoms with E-state index in [0.29, 0.717) is 12.3 Å². The van der Waals surface area contributed by atoms with Gasteiger partial charge in [-0.2, -0.15) is 0 Å². The van der Waals surface area contributed by atoms with Crippen LogP contribution in [0.3, 0.4) is 0 Å². The van der Waals surface area contributed by atoms with Crippen molar-refractivity contribution in [2.45, 2.75) is 18.6 Å². The number of aliphatic hydroxyl groups is 1. The van der Waals surface area contributed by atoms with Crippen molar-refractivity contribution in [2.75, 3.05) is 13.1 Å². The summed E-state index contributed by atoms with van der Waals surface area (Å²) in [5.74, 6) is -0.603. The lowest BCUT2D eigenvalue weighted by molar-refractivity contribution is -0.129. The van der Waals surface area contributed by atoms with E-state index >= 15 is 0 Å². The van der Waals surface area contributed by atoms with Crippen molar-refractivity contribution >= 4 is 11.9 Å². The van der Waals surface area contributed by atoms with E-state index in [4.69, 9.17) is 9.84 Å². The van der Waals surface area contributed by atoms with E-state index in [9.17, 15) is 14.7 Å². The van der Waals surface area contributed by atoms with Gasteiger partial charge in [-0.05, 0) is 29.8 Å². The van der Waals surface area contributed by atoms with Crippen LogP contribution in [0.15, 0.2) is 54.6 Å². The summed E-state index contributed by atoms with van der Waals surface area (Å²) in [7, 11) is 0. The Morgan fingerprint density at radius 2 is 1.72 bits per heavy atom. The first kappa shape index (κ1) is 17.0. The molecule has 0 bridgehead atoms. The van der Waals surface area contributed by atoms with Gasteiger partial charge in [0, 0.05) is 0 Å². The normalized spacial score (nSPS) is 19.6. The summed E-state index contributed by atoms with van der Waals surface area (Å²) >= 11 is 0. The molecule has 0 unspecified atom stereocenters. The van der Waals surface area contributed by atoms with E-state index < -0.39 is 18.2 Å². The average molecular weight is 341 g/mol. The second kappa shape index (κ2) is 7.36. The van der Waals surface area contributed by atoms with Crippen LogP contribution in [0.25, 0.3) is 0 Å². The fraction of sp³-hybridized carbons (Fsp3) is 0.263. The lowest BCUT2D eigenvalue weighted by atomic mass is 10.1. The summed E-state index contributed by atoms with van der Waals surface area (Å²) in [6, 6.07) is 15.4. The molecule has 1 saturated heterocycles. The van der Waals surface area contributed by atoms with Gasteiger partial charge in [-0.3, -0.25) is 4.79 Å². The number of carbonyl (C=O) groups is 2. The quantitative estimate of drug-likeness (QED) is 0.862. The largest absolute Gasteiger partial charge is 0.486 e. The number of carbonyl (C=O) groups excluding carboxylic acids is 1. The highest BCUT2D eigenvalue weighted by molar-refractivity contribution is 5.87. The fourth-order valence-corrected chi connectivity index (χ4v) is 2.81. The van der Waals surface area contributed by atoms with Crippen LogP contribution in [-0.2, 0) is 11.2 Å². The maximum absolute atomic E-state index is 12.4. The Balaban J connectivity index is 1.59. The number of amides is 1. The smallest absolute Gasteiger partial charge is 0.335 e. The van der Waals surface area contributed by atoms with Crippen LogP contribution >= 0.6 is 0 Å². The first-order valence-electron chi connectivity index (χ1n) is 8.02. The number of ether oxygens (including phenoxy) is 1. The molecule has 1 amide bonds. The number of hydrogen-bond donors (Lipinski definition) is 2. The predicted octanol–water partition coefficient (Wildman–Crippen LogP) is 1.58. The molecule has 1 heterocycles. The van der Waals surface area contributed by atoms with Crippen LogP contribution in [0, 0.1) is 0 Å². The Morgan fingerprint density at radius 1 is 1.04 bits per heavy atom. The molecule has 0 saturated carbocycles. The first-order valence-corrected chi connectivity index (χ1v) is 8.02. The maximum Gasteiger partial charge on any atom is 0.335 e. The Bertz CT molecular complexity index is 744. The van der Waals surface area contributed by atoms with Gasteiger partial charge in [0.1, 0.15) is 18.0 Å². The molecular formula is C19H19NO5. The van der Waals surface area contributed by atoms with Crippen molar-refractivity contribution in [3.8, 4) is 5.75 Å². The van der Waals surface area contributed by atoms with Gasteiger partial charge in [0.15, 0.2) is 0 Å². The lowest BCUT2D eigenvalue weighted by Crippen LogP contribution is -2.32. The average Bonchev–Trinajstić information content (AvgIpc) is 2.97. The zero-order valence-electron chi connectivity index (χ0n) is 13.5. The van der Waals surface area contributed by atoms with Crippen molar-refractivity contribution in [1.82, 2.24) is 4.90 Å². The summed E-state index contributed by atoms with van der Waals surface area (Å²) in [5.41, 5.74) is 1.09. The van der Waals surface area contributed by atoms with Crippen molar-refractivity contribution in [3.63, 3.8) is 0 Å². The minimum Gasteiger partial charge on any atom is -0.486 e. The number of aliphatic hydroxyl groups excluding tert-OH is 1. The molecule has 0 radical (unpaired) electrons. The molecule has 3 rings (SSSR count). The lowest BCUT2D eigenvalue weighted by Gasteiger charge is -2.17. The van der Waals surface area contributed by atoms with Gasteiger partial charge >= 0.3 is 5.97 Å². The molecule has 6 nitrogen and oxygen atoms in total. The molecule has 0 aliphatic carbocycles. The molecule has 2 aromatic carbocycles. The summed E-state index contributed by atoms with van der Waals surface area (Å²) in [5, 5.41) is 19.1. The fourth-order valence-electron chi connectivity index (χ4n) is 2.81. The topological polar surface area (TPSA) is 87.1 Å². The molecule has 2 aromatic rings. The van der Waals surface area contributed by atoms with Crippen LogP contribution in [0.2, 0.25) is 0 Å². The molecule has 0 spiro atoms. The van der Waals surface area contributed by atoms with Crippen molar-refractivity contribution in [3.05, 3.63) is 65.7 Å². The number of benzene rings is 2. The third kappa shape index (κ3) is 4.16. The molecule has 0 aromatic heterocycles. The highest BCUT2D eigenvalue weighted by atomic mass is 16.5. The van der Waals surface area contributed by atoms with Gasteiger partial charge < -0.3 is 19.8 Å². The third-order valence-electron chi connectivity index (χ3n) is 4.18. The minimum atomic E-state index is -1.01. The minimum absolute atomic E-state index is 0.0578. The second-order valence-corrected chi connectivity index (χ2v) is 6.01. The third-order valence-corrected chi connectivity index (χ3v) is 4.18. The zero-order valence-corrected chi connectivity index (χ0v) is 13.5. The highest BCUT2D eigenvalue weighted by Crippen LogP contribution is 2.20. The molecule has 2 N–H and O–H groups in total. The van der Waals surface area contributed by atoms with Gasteiger partial charge in [-0.1, -0.05) is 30.3 Å². The van der Waals surface area contributed by atoms with E-state index in [2.05, 4.69) is 0 Å². The van der Waals surface area contributed by atoms with Crippen LogP contribution in [0.5, 0.6) is 5.75 Å². The number of carboxylic acid groups (broad SMARTS) is 1. The number of rotatable bonds is 5. The first-order chi connectivity index (χ1) is 12.0. The molecule has 25 heavy (non-hydrogen) atoms. The molecule has 130 valence electrons. The summed E-state index contributed by atoms with van der Waals surface area (Å²) in [4.78, 5) is 24.8.